The lowest BCUT2D eigenvalue weighted by molar-refractivity contribution is -0.142. The summed E-state index contributed by atoms with van der Waals surface area (Å²) in [5.74, 6) is -1.06. The van der Waals surface area contributed by atoms with Crippen LogP contribution >= 0.6 is 11.8 Å². The van der Waals surface area contributed by atoms with Crippen LogP contribution in [0.1, 0.15) is 31.7 Å². The van der Waals surface area contributed by atoms with Crippen molar-refractivity contribution >= 4 is 35.2 Å². The van der Waals surface area contributed by atoms with Crippen LogP contribution in [0.15, 0.2) is 54.6 Å². The third-order valence-corrected chi connectivity index (χ3v) is 9.98. The van der Waals surface area contributed by atoms with Crippen LogP contribution in [-0.4, -0.2) is 63.5 Å². The number of fused-ring (bicyclic) bond motifs is 1. The molecule has 3 heterocycles. The second kappa shape index (κ2) is 10.4. The number of thioether (sulfide) groups is 1. The number of rotatable bonds is 9. The maximum absolute atomic E-state index is 14.0. The first-order valence-electron chi connectivity index (χ1n) is 12.8. The van der Waals surface area contributed by atoms with E-state index in [0.717, 1.165) is 12.0 Å². The van der Waals surface area contributed by atoms with Crippen molar-refractivity contribution in [3.63, 3.8) is 0 Å². The molecule has 3 aliphatic rings. The van der Waals surface area contributed by atoms with E-state index in [1.807, 2.05) is 37.3 Å². The third kappa shape index (κ3) is 4.38. The number of hydrogen-bond acceptors (Lipinski definition) is 6. The Labute approximate surface area is 221 Å². The molecule has 3 fully saturated rings. The number of carbonyl (C=O) groups excluding carboxylic acids is 3. The summed E-state index contributed by atoms with van der Waals surface area (Å²) in [6.07, 6.45) is 1.96. The fourth-order valence-electron chi connectivity index (χ4n) is 6.29. The number of methoxy groups -OCH3 is 1. The number of hydrogen-bond donors (Lipinski definition) is 3. The predicted molar refractivity (Wildman–Crippen MR) is 142 cm³/mol. The lowest BCUT2D eigenvalue weighted by Gasteiger charge is -2.36. The van der Waals surface area contributed by atoms with Crippen LogP contribution in [0, 0.1) is 11.8 Å². The summed E-state index contributed by atoms with van der Waals surface area (Å²) in [6.45, 7) is 2.05. The van der Waals surface area contributed by atoms with Gasteiger partial charge in [0.05, 0.1) is 36.3 Å². The Morgan fingerprint density at radius 2 is 1.89 bits per heavy atom. The molecule has 9 heteroatoms. The fourth-order valence-corrected chi connectivity index (χ4v) is 8.49. The van der Waals surface area contributed by atoms with Crippen molar-refractivity contribution in [3.8, 4) is 5.75 Å². The molecule has 2 bridgehead atoms. The largest absolute Gasteiger partial charge is 0.497 e. The lowest BCUT2D eigenvalue weighted by atomic mass is 9.70. The number of amides is 3. The summed E-state index contributed by atoms with van der Waals surface area (Å²) in [5, 5.41) is 16.1. The van der Waals surface area contributed by atoms with Crippen molar-refractivity contribution in [3.05, 3.63) is 60.2 Å². The molecule has 196 valence electrons. The number of aliphatic hydroxyl groups excluding tert-OH is 1. The van der Waals surface area contributed by atoms with Crippen LogP contribution in [0.25, 0.3) is 0 Å². The molecule has 0 saturated carbocycles. The van der Waals surface area contributed by atoms with E-state index in [0.29, 0.717) is 30.8 Å². The smallest absolute Gasteiger partial charge is 0.248 e. The zero-order chi connectivity index (χ0) is 26.2. The highest BCUT2D eigenvalue weighted by atomic mass is 32.2. The van der Waals surface area contributed by atoms with Gasteiger partial charge in [-0.15, -0.1) is 11.8 Å². The molecule has 3 amide bonds. The van der Waals surface area contributed by atoms with Gasteiger partial charge < -0.3 is 25.4 Å². The molecule has 3 N–H and O–H groups in total. The minimum Gasteiger partial charge on any atom is -0.497 e. The monoisotopic (exact) mass is 523 g/mol. The second-order valence-electron chi connectivity index (χ2n) is 9.97. The molecule has 1 spiro atoms. The third-order valence-electron chi connectivity index (χ3n) is 8.03. The van der Waals surface area contributed by atoms with Crippen LogP contribution in [0.5, 0.6) is 5.75 Å². The zero-order valence-corrected chi connectivity index (χ0v) is 21.9. The number of ether oxygens (including phenoxy) is 1. The van der Waals surface area contributed by atoms with Crippen LogP contribution < -0.4 is 15.4 Å². The van der Waals surface area contributed by atoms with E-state index in [4.69, 9.17) is 4.74 Å². The molecule has 2 aromatic carbocycles. The van der Waals surface area contributed by atoms with Crippen molar-refractivity contribution in [2.24, 2.45) is 11.8 Å². The van der Waals surface area contributed by atoms with E-state index in [2.05, 4.69) is 10.6 Å². The first-order valence-corrected chi connectivity index (χ1v) is 13.7. The average molecular weight is 524 g/mol. The Morgan fingerprint density at radius 1 is 1.16 bits per heavy atom. The molecule has 0 aliphatic carbocycles. The fraction of sp³-hybridized carbons (Fsp3) is 0.464. The molecule has 0 radical (unpaired) electrons. The molecule has 6 atom stereocenters. The number of nitrogens with one attached hydrogen (secondary N) is 2. The topological polar surface area (TPSA) is 108 Å². The van der Waals surface area contributed by atoms with Gasteiger partial charge in [-0.2, -0.15) is 0 Å². The van der Waals surface area contributed by atoms with Gasteiger partial charge in [-0.3, -0.25) is 14.4 Å². The summed E-state index contributed by atoms with van der Waals surface area (Å²) in [7, 11) is 1.58. The van der Waals surface area contributed by atoms with Gasteiger partial charge in [0.2, 0.25) is 17.7 Å². The number of aliphatic hydroxyl groups is 1. The van der Waals surface area contributed by atoms with Crippen LogP contribution in [-0.2, 0) is 20.9 Å². The van der Waals surface area contributed by atoms with E-state index < -0.39 is 28.7 Å². The Hall–Kier alpha value is -3.04. The molecule has 0 aromatic heterocycles. The van der Waals surface area contributed by atoms with Crippen molar-refractivity contribution in [1.82, 2.24) is 10.2 Å². The van der Waals surface area contributed by atoms with E-state index >= 15 is 0 Å². The van der Waals surface area contributed by atoms with Crippen LogP contribution in [0.4, 0.5) is 5.69 Å². The maximum Gasteiger partial charge on any atom is 0.248 e. The van der Waals surface area contributed by atoms with E-state index in [1.165, 1.54) is 0 Å². The zero-order valence-electron chi connectivity index (χ0n) is 21.1. The highest BCUT2D eigenvalue weighted by Crippen LogP contribution is 2.66. The van der Waals surface area contributed by atoms with Crippen LogP contribution in [0.2, 0.25) is 0 Å². The van der Waals surface area contributed by atoms with Gasteiger partial charge in [0, 0.05) is 17.5 Å². The molecule has 37 heavy (non-hydrogen) atoms. The standard InChI is InChI=1S/C28H33N3O5S/c1-3-19(16-32)31-24(26(34)30-18-9-11-20(36-2)12-10-18)28-14-13-21(37-28)22(23(28)27(31)35)25(33)29-15-17-7-5-4-6-8-17/h4-12,19,21-24,32H,3,13-16H2,1-2H3,(H,29,33)(H,30,34)/t19-,21+,22-,23-,24?,28?/m0/s1. The van der Waals surface area contributed by atoms with Gasteiger partial charge in [0.15, 0.2) is 0 Å². The molecule has 8 nitrogen and oxygen atoms in total. The van der Waals surface area contributed by atoms with Crippen molar-refractivity contribution in [2.45, 2.75) is 54.8 Å². The summed E-state index contributed by atoms with van der Waals surface area (Å²) >= 11 is 1.62. The summed E-state index contributed by atoms with van der Waals surface area (Å²) < 4.78 is 4.51. The first kappa shape index (κ1) is 25.6. The second-order valence-corrected chi connectivity index (χ2v) is 11.6. The van der Waals surface area contributed by atoms with Gasteiger partial charge in [-0.25, -0.2) is 0 Å². The molecule has 2 aromatic rings. The van der Waals surface area contributed by atoms with Crippen molar-refractivity contribution in [1.29, 1.82) is 0 Å². The molecule has 3 aliphatic heterocycles. The van der Waals surface area contributed by atoms with Gasteiger partial charge in [0.25, 0.3) is 0 Å². The summed E-state index contributed by atoms with van der Waals surface area (Å²) in [4.78, 5) is 42.9. The Balaban J connectivity index is 1.43. The highest BCUT2D eigenvalue weighted by molar-refractivity contribution is 8.02. The Kier molecular flexibility index (Phi) is 7.18. The van der Waals surface area contributed by atoms with E-state index in [-0.39, 0.29) is 29.6 Å². The summed E-state index contributed by atoms with van der Waals surface area (Å²) in [6, 6.07) is 15.5. The number of nitrogens with zero attached hydrogens (tertiary/aromatic N) is 1. The molecule has 3 saturated heterocycles. The molecular weight excluding hydrogens is 490 g/mol. The molecule has 2 unspecified atom stereocenters. The Morgan fingerprint density at radius 3 is 2.54 bits per heavy atom. The van der Waals surface area contributed by atoms with Crippen molar-refractivity contribution < 1.29 is 24.2 Å². The first-order chi connectivity index (χ1) is 17.9. The van der Waals surface area contributed by atoms with Crippen molar-refractivity contribution in [2.75, 3.05) is 19.0 Å². The molecular formula is C28H33N3O5S. The predicted octanol–water partition coefficient (Wildman–Crippen LogP) is 2.81. The van der Waals surface area contributed by atoms with E-state index in [9.17, 15) is 19.5 Å². The van der Waals surface area contributed by atoms with Crippen LogP contribution in [0.3, 0.4) is 0 Å². The molecule has 5 rings (SSSR count). The minimum atomic E-state index is -0.772. The SMILES string of the molecule is CC[C@@H](CO)N1C(=O)[C@@H]2[C@@H](C(=O)NCc3ccccc3)[C@H]3CCC2(S3)C1C(=O)Nc1ccc(OC)cc1. The highest BCUT2D eigenvalue weighted by Gasteiger charge is 2.74. The quantitative estimate of drug-likeness (QED) is 0.467. The van der Waals surface area contributed by atoms with Gasteiger partial charge in [-0.05, 0) is 49.1 Å². The number of likely N-dealkylation sites (tertiary alicyclic amines) is 1. The van der Waals surface area contributed by atoms with Gasteiger partial charge >= 0.3 is 0 Å². The summed E-state index contributed by atoms with van der Waals surface area (Å²) in [5.41, 5.74) is 1.59. The van der Waals surface area contributed by atoms with Gasteiger partial charge in [-0.1, -0.05) is 37.3 Å². The number of carbonyl (C=O) groups is 3. The van der Waals surface area contributed by atoms with E-state index in [1.54, 1.807) is 48.0 Å². The lowest BCUT2D eigenvalue weighted by Crippen LogP contribution is -2.54. The maximum atomic E-state index is 14.0. The van der Waals surface area contributed by atoms with Gasteiger partial charge in [0.1, 0.15) is 11.8 Å². The normalized spacial score (nSPS) is 28.6. The number of benzene rings is 2. The average Bonchev–Trinajstić information content (AvgIpc) is 3.57. The minimum absolute atomic E-state index is 0.0163. The Bertz CT molecular complexity index is 1160. The number of anilines is 1.